The van der Waals surface area contributed by atoms with Crippen molar-refractivity contribution < 1.29 is 13.2 Å². The summed E-state index contributed by atoms with van der Waals surface area (Å²) < 4.78 is 26.4. The maximum Gasteiger partial charge on any atom is 0.249 e. The van der Waals surface area contributed by atoms with Crippen LogP contribution in [-0.2, 0) is 14.8 Å². The van der Waals surface area contributed by atoms with Gasteiger partial charge >= 0.3 is 0 Å². The standard InChI is InChI=1S/C16H17IN2O3S2/c1-16(2,15(20)19-24(21,22)11-4-5-11)23-14-7-8-18-13-6-3-10(17)9-12(13)14/h3,6-9,11H,4-5H2,1-2H3,(H,19,20). The number of amides is 1. The second kappa shape index (κ2) is 6.45. The molecule has 0 spiro atoms. The first-order chi connectivity index (χ1) is 11.2. The molecule has 24 heavy (non-hydrogen) atoms. The summed E-state index contributed by atoms with van der Waals surface area (Å²) in [6, 6.07) is 7.78. The van der Waals surface area contributed by atoms with Crippen LogP contribution >= 0.6 is 34.4 Å². The third kappa shape index (κ3) is 3.85. The summed E-state index contributed by atoms with van der Waals surface area (Å²) in [5.74, 6) is -0.491. The van der Waals surface area contributed by atoms with E-state index >= 15 is 0 Å². The van der Waals surface area contributed by atoms with E-state index in [4.69, 9.17) is 0 Å². The van der Waals surface area contributed by atoms with Gasteiger partial charge in [-0.2, -0.15) is 0 Å². The molecule has 1 fully saturated rings. The molecule has 1 aliphatic rings. The minimum Gasteiger partial charge on any atom is -0.272 e. The van der Waals surface area contributed by atoms with Crippen LogP contribution in [0.3, 0.4) is 0 Å². The van der Waals surface area contributed by atoms with Crippen LogP contribution in [0.2, 0.25) is 0 Å². The Labute approximate surface area is 159 Å². The normalized spacial score (nSPS) is 15.5. The fraction of sp³-hybridized carbons (Fsp3) is 0.375. The van der Waals surface area contributed by atoms with Gasteiger partial charge in [0.2, 0.25) is 15.9 Å². The summed E-state index contributed by atoms with van der Waals surface area (Å²) in [5.41, 5.74) is 0.849. The molecule has 0 radical (unpaired) electrons. The van der Waals surface area contributed by atoms with Crippen molar-refractivity contribution in [1.82, 2.24) is 9.71 Å². The molecule has 0 bridgehead atoms. The zero-order valence-electron chi connectivity index (χ0n) is 13.2. The van der Waals surface area contributed by atoms with E-state index in [2.05, 4.69) is 32.3 Å². The van der Waals surface area contributed by atoms with Crippen LogP contribution in [-0.4, -0.2) is 29.3 Å². The maximum atomic E-state index is 12.5. The van der Waals surface area contributed by atoms with Gasteiger partial charge in [-0.1, -0.05) is 0 Å². The molecule has 1 aromatic carbocycles. The lowest BCUT2D eigenvalue weighted by atomic mass is 10.2. The van der Waals surface area contributed by atoms with Gasteiger partial charge < -0.3 is 0 Å². The predicted molar refractivity (Wildman–Crippen MR) is 104 cm³/mol. The Morgan fingerprint density at radius 3 is 2.71 bits per heavy atom. The quantitative estimate of drug-likeness (QED) is 0.530. The number of benzene rings is 1. The van der Waals surface area contributed by atoms with Gasteiger partial charge in [-0.15, -0.1) is 11.8 Å². The molecule has 1 aromatic heterocycles. The largest absolute Gasteiger partial charge is 0.272 e. The number of pyridine rings is 1. The number of hydrogen-bond acceptors (Lipinski definition) is 5. The van der Waals surface area contributed by atoms with Crippen LogP contribution in [0.5, 0.6) is 0 Å². The first-order valence-corrected chi connectivity index (χ1v) is 10.9. The number of fused-ring (bicyclic) bond motifs is 1. The first kappa shape index (κ1) is 17.9. The van der Waals surface area contributed by atoms with Crippen molar-refractivity contribution >= 4 is 61.2 Å². The number of nitrogens with zero attached hydrogens (tertiary/aromatic N) is 1. The van der Waals surface area contributed by atoms with Crippen molar-refractivity contribution in [3.63, 3.8) is 0 Å². The molecule has 1 heterocycles. The SMILES string of the molecule is CC(C)(Sc1ccnc2ccc(I)cc12)C(=O)NS(=O)(=O)C1CC1. The van der Waals surface area contributed by atoms with E-state index in [1.807, 2.05) is 24.3 Å². The number of halogens is 1. The summed E-state index contributed by atoms with van der Waals surface area (Å²) in [5, 5.41) is 0.547. The Hall–Kier alpha value is -0.870. The molecule has 3 rings (SSSR count). The number of thioether (sulfide) groups is 1. The fourth-order valence-corrected chi connectivity index (χ4v) is 5.31. The highest BCUT2D eigenvalue weighted by Gasteiger charge is 2.40. The molecule has 0 aliphatic heterocycles. The highest BCUT2D eigenvalue weighted by Crippen LogP contribution is 2.37. The van der Waals surface area contributed by atoms with E-state index in [1.54, 1.807) is 20.0 Å². The molecule has 8 heteroatoms. The van der Waals surface area contributed by atoms with Crippen LogP contribution in [0, 0.1) is 3.57 Å². The lowest BCUT2D eigenvalue weighted by Gasteiger charge is -2.23. The molecule has 1 N–H and O–H groups in total. The number of nitrogens with one attached hydrogen (secondary N) is 1. The van der Waals surface area contributed by atoms with Crippen LogP contribution in [0.25, 0.3) is 10.9 Å². The Balaban J connectivity index is 1.86. The van der Waals surface area contributed by atoms with Crippen LogP contribution in [0.4, 0.5) is 0 Å². The Kier molecular flexibility index (Phi) is 4.82. The second-order valence-corrected chi connectivity index (χ2v) is 11.1. The van der Waals surface area contributed by atoms with Gasteiger partial charge in [0.1, 0.15) is 0 Å². The van der Waals surface area contributed by atoms with E-state index in [-0.39, 0.29) is 0 Å². The van der Waals surface area contributed by atoms with E-state index < -0.39 is 25.9 Å². The number of carbonyl (C=O) groups is 1. The summed E-state index contributed by atoms with van der Waals surface area (Å²) in [7, 11) is -3.54. The highest BCUT2D eigenvalue weighted by molar-refractivity contribution is 14.1. The molecule has 1 saturated carbocycles. The average Bonchev–Trinajstić information content (AvgIpc) is 3.32. The van der Waals surface area contributed by atoms with Gasteiger partial charge in [0.05, 0.1) is 15.5 Å². The molecule has 1 aliphatic carbocycles. The van der Waals surface area contributed by atoms with Crippen molar-refractivity contribution in [3.8, 4) is 0 Å². The molecular weight excluding hydrogens is 459 g/mol. The third-order valence-corrected chi connectivity index (χ3v) is 7.54. The van der Waals surface area contributed by atoms with Crippen molar-refractivity contribution in [3.05, 3.63) is 34.0 Å². The zero-order valence-corrected chi connectivity index (χ0v) is 17.0. The smallest absolute Gasteiger partial charge is 0.249 e. The topological polar surface area (TPSA) is 76.1 Å². The van der Waals surface area contributed by atoms with Gasteiger partial charge in [-0.05, 0) is 73.5 Å². The number of hydrogen-bond donors (Lipinski definition) is 1. The first-order valence-electron chi connectivity index (χ1n) is 7.48. The van der Waals surface area contributed by atoms with Crippen LogP contribution in [0.15, 0.2) is 35.4 Å². The zero-order chi connectivity index (χ0) is 17.5. The third-order valence-electron chi connectivity index (χ3n) is 3.77. The van der Waals surface area contributed by atoms with Gasteiger partial charge in [-0.3, -0.25) is 14.5 Å². The van der Waals surface area contributed by atoms with E-state index in [1.165, 1.54) is 11.8 Å². The molecule has 0 atom stereocenters. The van der Waals surface area contributed by atoms with Crippen LogP contribution in [0.1, 0.15) is 26.7 Å². The summed E-state index contributed by atoms with van der Waals surface area (Å²) in [4.78, 5) is 17.7. The number of aromatic nitrogens is 1. The van der Waals surface area contributed by atoms with Gasteiger partial charge in [0.25, 0.3) is 0 Å². The summed E-state index contributed by atoms with van der Waals surface area (Å²) >= 11 is 3.58. The summed E-state index contributed by atoms with van der Waals surface area (Å²) in [6.45, 7) is 3.46. The van der Waals surface area contributed by atoms with E-state index in [0.29, 0.717) is 12.8 Å². The lowest BCUT2D eigenvalue weighted by molar-refractivity contribution is -0.120. The molecule has 2 aromatic rings. The minimum atomic E-state index is -3.54. The number of carbonyl (C=O) groups excluding carboxylic acids is 1. The van der Waals surface area contributed by atoms with E-state index in [0.717, 1.165) is 19.4 Å². The monoisotopic (exact) mass is 476 g/mol. The van der Waals surface area contributed by atoms with Gasteiger partial charge in [0, 0.05) is 20.0 Å². The van der Waals surface area contributed by atoms with E-state index in [9.17, 15) is 13.2 Å². The fourth-order valence-electron chi connectivity index (χ4n) is 2.22. The van der Waals surface area contributed by atoms with Crippen molar-refractivity contribution in [2.75, 3.05) is 0 Å². The summed E-state index contributed by atoms with van der Waals surface area (Å²) in [6.07, 6.45) is 2.96. The highest BCUT2D eigenvalue weighted by atomic mass is 127. The van der Waals surface area contributed by atoms with Gasteiger partial charge in [0.15, 0.2) is 0 Å². The average molecular weight is 476 g/mol. The minimum absolute atomic E-state index is 0.411. The van der Waals surface area contributed by atoms with Crippen molar-refractivity contribution in [2.45, 2.75) is 41.6 Å². The lowest BCUT2D eigenvalue weighted by Crippen LogP contribution is -2.44. The molecule has 5 nitrogen and oxygen atoms in total. The van der Waals surface area contributed by atoms with Gasteiger partial charge in [-0.25, -0.2) is 8.42 Å². The molecule has 1 amide bonds. The van der Waals surface area contributed by atoms with Crippen molar-refractivity contribution in [1.29, 1.82) is 0 Å². The Morgan fingerprint density at radius 1 is 1.33 bits per heavy atom. The second-order valence-electron chi connectivity index (χ2n) is 6.26. The van der Waals surface area contributed by atoms with Crippen molar-refractivity contribution in [2.24, 2.45) is 0 Å². The molecule has 0 saturated heterocycles. The van der Waals surface area contributed by atoms with Crippen LogP contribution < -0.4 is 4.72 Å². The maximum absolute atomic E-state index is 12.5. The Bertz CT molecular complexity index is 909. The molecule has 128 valence electrons. The molecule has 0 unspecified atom stereocenters. The predicted octanol–water partition coefficient (Wildman–Crippen LogP) is 3.32. The number of rotatable bonds is 5. The number of sulfonamides is 1. The molecular formula is C16H17IN2O3S2. The Morgan fingerprint density at radius 2 is 2.04 bits per heavy atom.